The second kappa shape index (κ2) is 7.95. The molecule has 134 valence electrons. The maximum Gasteiger partial charge on any atom is 0.260 e. The van der Waals surface area contributed by atoms with Crippen LogP contribution in [-0.2, 0) is 4.79 Å². The van der Waals surface area contributed by atoms with Crippen LogP contribution in [0.5, 0.6) is 5.75 Å². The van der Waals surface area contributed by atoms with Gasteiger partial charge in [-0.1, -0.05) is 26.0 Å². The average Bonchev–Trinajstić information content (AvgIpc) is 3.06. The Bertz CT molecular complexity index is 704. The van der Waals surface area contributed by atoms with Gasteiger partial charge >= 0.3 is 0 Å². The minimum atomic E-state index is 0.0554. The van der Waals surface area contributed by atoms with Crippen molar-refractivity contribution in [2.45, 2.75) is 45.4 Å². The number of carbonyl (C=O) groups is 1. The van der Waals surface area contributed by atoms with Crippen LogP contribution in [0, 0.1) is 6.92 Å². The molecule has 1 aliphatic rings. The molecule has 0 N–H and O–H groups in total. The smallest absolute Gasteiger partial charge is 0.260 e. The predicted octanol–water partition coefficient (Wildman–Crippen LogP) is 3.75. The van der Waals surface area contributed by atoms with Crippen LogP contribution in [-0.4, -0.2) is 40.7 Å². The first-order valence-corrected chi connectivity index (χ1v) is 9.65. The lowest BCUT2D eigenvalue weighted by Gasteiger charge is -2.30. The van der Waals surface area contributed by atoms with Gasteiger partial charge in [-0.25, -0.2) is 0 Å². The number of rotatable bonds is 5. The molecule has 6 heteroatoms. The van der Waals surface area contributed by atoms with Crippen molar-refractivity contribution in [3.05, 3.63) is 39.8 Å². The van der Waals surface area contributed by atoms with Crippen LogP contribution in [0.3, 0.4) is 0 Å². The Morgan fingerprint density at radius 2 is 1.92 bits per heavy atom. The van der Waals surface area contributed by atoms with Gasteiger partial charge in [0.15, 0.2) is 6.61 Å². The first-order valence-electron chi connectivity index (χ1n) is 8.83. The van der Waals surface area contributed by atoms with Gasteiger partial charge < -0.3 is 9.64 Å². The third-order valence-corrected chi connectivity index (χ3v) is 5.65. The van der Waals surface area contributed by atoms with E-state index in [9.17, 15) is 4.79 Å². The molecular formula is C19H25N3O2S. The third-order valence-electron chi connectivity index (χ3n) is 4.65. The standard InChI is InChI=1S/C19H25N3O2S/c1-13(2)15-4-6-17(7-5-15)24-12-18(23)22-10-8-16(9-11-22)19-21-20-14(3)25-19/h4-7,13,16H,8-12H2,1-3H3. The number of likely N-dealkylation sites (tertiary alicyclic amines) is 1. The van der Waals surface area contributed by atoms with Crippen molar-refractivity contribution < 1.29 is 9.53 Å². The number of carbonyl (C=O) groups excluding carboxylic acids is 1. The molecule has 2 heterocycles. The van der Waals surface area contributed by atoms with E-state index in [1.54, 1.807) is 11.3 Å². The predicted molar refractivity (Wildman–Crippen MR) is 99.2 cm³/mol. The van der Waals surface area contributed by atoms with Gasteiger partial charge in [0.25, 0.3) is 5.91 Å². The summed E-state index contributed by atoms with van der Waals surface area (Å²) in [7, 11) is 0. The second-order valence-corrected chi connectivity index (χ2v) is 8.04. The summed E-state index contributed by atoms with van der Waals surface area (Å²) in [5.41, 5.74) is 1.27. The lowest BCUT2D eigenvalue weighted by Crippen LogP contribution is -2.40. The van der Waals surface area contributed by atoms with Crippen molar-refractivity contribution in [1.29, 1.82) is 0 Å². The fraction of sp³-hybridized carbons (Fsp3) is 0.526. The molecule has 0 aliphatic carbocycles. The molecule has 25 heavy (non-hydrogen) atoms. The van der Waals surface area contributed by atoms with Crippen molar-refractivity contribution in [1.82, 2.24) is 15.1 Å². The molecule has 1 saturated heterocycles. The molecule has 3 rings (SSSR count). The molecular weight excluding hydrogens is 334 g/mol. The molecule has 1 fully saturated rings. The lowest BCUT2D eigenvalue weighted by molar-refractivity contribution is -0.134. The highest BCUT2D eigenvalue weighted by Crippen LogP contribution is 2.30. The Balaban J connectivity index is 1.46. The zero-order valence-corrected chi connectivity index (χ0v) is 15.9. The number of piperidine rings is 1. The molecule has 0 bridgehead atoms. The van der Waals surface area contributed by atoms with Crippen LogP contribution in [0.1, 0.15) is 54.1 Å². The van der Waals surface area contributed by atoms with Gasteiger partial charge in [-0.3, -0.25) is 4.79 Å². The van der Waals surface area contributed by atoms with Gasteiger partial charge in [0.1, 0.15) is 15.8 Å². The summed E-state index contributed by atoms with van der Waals surface area (Å²) in [4.78, 5) is 14.3. The van der Waals surface area contributed by atoms with E-state index in [4.69, 9.17) is 4.74 Å². The summed E-state index contributed by atoms with van der Waals surface area (Å²) in [6.45, 7) is 7.92. The minimum absolute atomic E-state index is 0.0554. The van der Waals surface area contributed by atoms with E-state index >= 15 is 0 Å². The molecule has 1 aromatic heterocycles. The van der Waals surface area contributed by atoms with Crippen molar-refractivity contribution in [2.24, 2.45) is 0 Å². The first kappa shape index (κ1) is 17.9. The molecule has 0 spiro atoms. The Kier molecular flexibility index (Phi) is 5.68. The number of hydrogen-bond acceptors (Lipinski definition) is 5. The molecule has 2 aromatic rings. The number of aromatic nitrogens is 2. The number of nitrogens with zero attached hydrogens (tertiary/aromatic N) is 3. The summed E-state index contributed by atoms with van der Waals surface area (Å²) in [6.07, 6.45) is 1.90. The Labute approximate surface area is 153 Å². The van der Waals surface area contributed by atoms with Crippen LogP contribution in [0.4, 0.5) is 0 Å². The number of amides is 1. The van der Waals surface area contributed by atoms with Crippen LogP contribution in [0.15, 0.2) is 24.3 Å². The molecule has 5 nitrogen and oxygen atoms in total. The van der Waals surface area contributed by atoms with Gasteiger partial charge in [-0.2, -0.15) is 0 Å². The normalized spacial score (nSPS) is 15.6. The first-order chi connectivity index (χ1) is 12.0. The van der Waals surface area contributed by atoms with Crippen molar-refractivity contribution in [3.63, 3.8) is 0 Å². The van der Waals surface area contributed by atoms with Gasteiger partial charge in [0, 0.05) is 19.0 Å². The third kappa shape index (κ3) is 4.57. The molecule has 0 atom stereocenters. The topological polar surface area (TPSA) is 55.3 Å². The van der Waals surface area contributed by atoms with E-state index in [-0.39, 0.29) is 12.5 Å². The summed E-state index contributed by atoms with van der Waals surface area (Å²) < 4.78 is 5.66. The Morgan fingerprint density at radius 1 is 1.24 bits per heavy atom. The van der Waals surface area contributed by atoms with Crippen molar-refractivity contribution in [2.75, 3.05) is 19.7 Å². The summed E-state index contributed by atoms with van der Waals surface area (Å²) in [5, 5.41) is 10.4. The monoisotopic (exact) mass is 359 g/mol. The largest absolute Gasteiger partial charge is 0.484 e. The molecule has 0 radical (unpaired) electrons. The van der Waals surface area contributed by atoms with E-state index in [0.717, 1.165) is 41.7 Å². The highest BCUT2D eigenvalue weighted by molar-refractivity contribution is 7.11. The van der Waals surface area contributed by atoms with Gasteiger partial charge in [-0.05, 0) is 43.4 Å². The Morgan fingerprint density at radius 3 is 2.48 bits per heavy atom. The zero-order chi connectivity index (χ0) is 17.8. The van der Waals surface area contributed by atoms with Crippen LogP contribution in [0.2, 0.25) is 0 Å². The highest BCUT2D eigenvalue weighted by atomic mass is 32.1. The van der Waals surface area contributed by atoms with Crippen molar-refractivity contribution >= 4 is 17.2 Å². The summed E-state index contributed by atoms with van der Waals surface area (Å²) >= 11 is 1.66. The number of aryl methyl sites for hydroxylation is 1. The zero-order valence-electron chi connectivity index (χ0n) is 15.1. The maximum absolute atomic E-state index is 12.4. The summed E-state index contributed by atoms with van der Waals surface area (Å²) in [6, 6.07) is 7.99. The van der Waals surface area contributed by atoms with E-state index in [0.29, 0.717) is 11.8 Å². The van der Waals surface area contributed by atoms with Gasteiger partial charge in [0.2, 0.25) is 0 Å². The number of hydrogen-bond donors (Lipinski definition) is 0. The van der Waals surface area contributed by atoms with E-state index in [1.807, 2.05) is 24.0 Å². The van der Waals surface area contributed by atoms with Crippen LogP contribution in [0.25, 0.3) is 0 Å². The van der Waals surface area contributed by atoms with Crippen molar-refractivity contribution in [3.8, 4) is 5.75 Å². The quantitative estimate of drug-likeness (QED) is 0.816. The average molecular weight is 359 g/mol. The van der Waals surface area contributed by atoms with Gasteiger partial charge in [-0.15, -0.1) is 21.5 Å². The molecule has 1 aliphatic heterocycles. The minimum Gasteiger partial charge on any atom is -0.484 e. The molecule has 0 unspecified atom stereocenters. The molecule has 0 saturated carbocycles. The number of benzene rings is 1. The molecule has 1 aromatic carbocycles. The Hall–Kier alpha value is -1.95. The van der Waals surface area contributed by atoms with Gasteiger partial charge in [0.05, 0.1) is 0 Å². The fourth-order valence-corrected chi connectivity index (χ4v) is 3.91. The fourth-order valence-electron chi connectivity index (χ4n) is 3.04. The SMILES string of the molecule is Cc1nnc(C2CCN(C(=O)COc3ccc(C(C)C)cc3)CC2)s1. The number of ether oxygens (including phenoxy) is 1. The van der Waals surface area contributed by atoms with E-state index in [1.165, 1.54) is 5.56 Å². The van der Waals surface area contributed by atoms with Crippen LogP contribution >= 0.6 is 11.3 Å². The highest BCUT2D eigenvalue weighted by Gasteiger charge is 2.26. The van der Waals surface area contributed by atoms with E-state index < -0.39 is 0 Å². The van der Waals surface area contributed by atoms with E-state index in [2.05, 4.69) is 36.2 Å². The summed E-state index contributed by atoms with van der Waals surface area (Å²) in [5.74, 6) is 1.73. The second-order valence-electron chi connectivity index (χ2n) is 6.83. The lowest BCUT2D eigenvalue weighted by atomic mass is 9.97. The maximum atomic E-state index is 12.4. The van der Waals surface area contributed by atoms with Crippen LogP contribution < -0.4 is 4.74 Å². The molecule has 1 amide bonds.